The Balaban J connectivity index is 2.82. The van der Waals surface area contributed by atoms with Gasteiger partial charge in [0.05, 0.1) is 0 Å². The van der Waals surface area contributed by atoms with Crippen LogP contribution in [0.3, 0.4) is 0 Å². The van der Waals surface area contributed by atoms with Crippen LogP contribution in [-0.2, 0) is 4.79 Å². The van der Waals surface area contributed by atoms with E-state index in [4.69, 9.17) is 0 Å². The lowest BCUT2D eigenvalue weighted by Crippen LogP contribution is -2.44. The number of amides is 1. The zero-order valence-corrected chi connectivity index (χ0v) is 15.1. The van der Waals surface area contributed by atoms with Crippen molar-refractivity contribution in [2.75, 3.05) is 41.3 Å². The SMILES string of the molecule is Cc1ccccc1[C@@H](C(=O)NCC(C)(C)CN(C)C)N(C)C. The molecule has 0 saturated heterocycles. The number of carbonyl (C=O) groups excluding carboxylic acids is 1. The van der Waals surface area contributed by atoms with Crippen molar-refractivity contribution < 1.29 is 4.79 Å². The molecule has 22 heavy (non-hydrogen) atoms. The summed E-state index contributed by atoms with van der Waals surface area (Å²) < 4.78 is 0. The number of likely N-dealkylation sites (N-methyl/N-ethyl adjacent to an activating group) is 1. The van der Waals surface area contributed by atoms with Crippen molar-refractivity contribution in [3.05, 3.63) is 35.4 Å². The molecule has 1 aromatic carbocycles. The van der Waals surface area contributed by atoms with E-state index in [1.807, 2.05) is 37.2 Å². The van der Waals surface area contributed by atoms with Gasteiger partial charge < -0.3 is 10.2 Å². The number of aryl methyl sites for hydroxylation is 1. The van der Waals surface area contributed by atoms with Crippen LogP contribution in [0, 0.1) is 12.3 Å². The number of carbonyl (C=O) groups is 1. The van der Waals surface area contributed by atoms with Gasteiger partial charge in [0, 0.05) is 13.1 Å². The lowest BCUT2D eigenvalue weighted by Gasteiger charge is -2.31. The van der Waals surface area contributed by atoms with E-state index in [1.54, 1.807) is 0 Å². The van der Waals surface area contributed by atoms with E-state index in [0.717, 1.165) is 17.7 Å². The van der Waals surface area contributed by atoms with Gasteiger partial charge in [-0.05, 0) is 51.7 Å². The molecule has 0 unspecified atom stereocenters. The highest BCUT2D eigenvalue weighted by molar-refractivity contribution is 5.83. The van der Waals surface area contributed by atoms with Gasteiger partial charge in [-0.1, -0.05) is 38.1 Å². The summed E-state index contributed by atoms with van der Waals surface area (Å²) in [5.74, 6) is 0.0612. The molecule has 1 aromatic rings. The Bertz CT molecular complexity index is 495. The van der Waals surface area contributed by atoms with Crippen molar-refractivity contribution in [3.8, 4) is 0 Å². The molecule has 0 aliphatic carbocycles. The minimum absolute atomic E-state index is 0.0434. The molecule has 4 heteroatoms. The van der Waals surface area contributed by atoms with Gasteiger partial charge in [0.25, 0.3) is 0 Å². The quantitative estimate of drug-likeness (QED) is 0.839. The fourth-order valence-electron chi connectivity index (χ4n) is 2.88. The van der Waals surface area contributed by atoms with Crippen LogP contribution in [0.1, 0.15) is 31.0 Å². The molecule has 0 aromatic heterocycles. The van der Waals surface area contributed by atoms with Crippen molar-refractivity contribution in [3.63, 3.8) is 0 Å². The van der Waals surface area contributed by atoms with Crippen molar-refractivity contribution in [1.29, 1.82) is 0 Å². The Labute approximate surface area is 135 Å². The summed E-state index contributed by atoms with van der Waals surface area (Å²) in [6.45, 7) is 8.00. The zero-order valence-electron chi connectivity index (χ0n) is 15.1. The Hall–Kier alpha value is -1.39. The van der Waals surface area contributed by atoms with E-state index in [0.29, 0.717) is 6.54 Å². The first kappa shape index (κ1) is 18.7. The van der Waals surface area contributed by atoms with Crippen LogP contribution in [0.25, 0.3) is 0 Å². The second-order valence-corrected chi connectivity index (χ2v) is 7.34. The van der Waals surface area contributed by atoms with Gasteiger partial charge in [0.15, 0.2) is 0 Å². The normalized spacial score (nSPS) is 13.5. The van der Waals surface area contributed by atoms with Crippen molar-refractivity contribution in [1.82, 2.24) is 15.1 Å². The van der Waals surface area contributed by atoms with Gasteiger partial charge in [-0.3, -0.25) is 9.69 Å². The minimum atomic E-state index is -0.253. The van der Waals surface area contributed by atoms with E-state index in [1.165, 1.54) is 0 Å². The average Bonchev–Trinajstić information content (AvgIpc) is 2.37. The summed E-state index contributed by atoms with van der Waals surface area (Å²) >= 11 is 0. The molecule has 0 aliphatic heterocycles. The van der Waals surface area contributed by atoms with Crippen LogP contribution >= 0.6 is 0 Å². The summed E-state index contributed by atoms with van der Waals surface area (Å²) in [6, 6.07) is 7.82. The number of rotatable bonds is 7. The molecule has 1 amide bonds. The summed E-state index contributed by atoms with van der Waals surface area (Å²) in [7, 11) is 8.00. The third kappa shape index (κ3) is 5.43. The predicted octanol–water partition coefficient (Wildman–Crippen LogP) is 2.30. The highest BCUT2D eigenvalue weighted by atomic mass is 16.2. The fraction of sp³-hybridized carbons (Fsp3) is 0.611. The molecule has 0 saturated carbocycles. The lowest BCUT2D eigenvalue weighted by atomic mass is 9.92. The van der Waals surface area contributed by atoms with Crippen molar-refractivity contribution >= 4 is 5.91 Å². The van der Waals surface area contributed by atoms with E-state index >= 15 is 0 Å². The molecule has 124 valence electrons. The first-order valence-corrected chi connectivity index (χ1v) is 7.78. The fourth-order valence-corrected chi connectivity index (χ4v) is 2.88. The van der Waals surface area contributed by atoms with Crippen LogP contribution < -0.4 is 5.32 Å². The molecule has 1 atom stereocenters. The highest BCUT2D eigenvalue weighted by Crippen LogP contribution is 2.22. The molecule has 1 N–H and O–H groups in total. The molecule has 0 spiro atoms. The molecule has 0 aliphatic rings. The molecule has 1 rings (SSSR count). The minimum Gasteiger partial charge on any atom is -0.354 e. The van der Waals surface area contributed by atoms with E-state index in [9.17, 15) is 4.79 Å². The molecular weight excluding hydrogens is 274 g/mol. The lowest BCUT2D eigenvalue weighted by molar-refractivity contribution is -0.126. The van der Waals surface area contributed by atoms with E-state index < -0.39 is 0 Å². The molecule has 0 fully saturated rings. The largest absolute Gasteiger partial charge is 0.354 e. The van der Waals surface area contributed by atoms with Gasteiger partial charge in [0.2, 0.25) is 5.91 Å². The first-order valence-electron chi connectivity index (χ1n) is 7.78. The van der Waals surface area contributed by atoms with E-state index in [-0.39, 0.29) is 17.4 Å². The second-order valence-electron chi connectivity index (χ2n) is 7.34. The van der Waals surface area contributed by atoms with Gasteiger partial charge in [-0.25, -0.2) is 0 Å². The van der Waals surface area contributed by atoms with Crippen LogP contribution in [0.2, 0.25) is 0 Å². The maximum Gasteiger partial charge on any atom is 0.241 e. The average molecular weight is 305 g/mol. The van der Waals surface area contributed by atoms with Crippen LogP contribution in [0.5, 0.6) is 0 Å². The number of benzene rings is 1. The van der Waals surface area contributed by atoms with E-state index in [2.05, 4.69) is 51.1 Å². The van der Waals surface area contributed by atoms with Crippen LogP contribution in [-0.4, -0.2) is 57.0 Å². The standard InChI is InChI=1S/C18H31N3O/c1-14-10-8-9-11-15(14)16(21(6)7)17(22)19-12-18(2,3)13-20(4)5/h8-11,16H,12-13H2,1-7H3,(H,19,22)/t16-/m0/s1. The zero-order chi connectivity index (χ0) is 16.9. The number of nitrogens with zero attached hydrogens (tertiary/aromatic N) is 2. The third-order valence-corrected chi connectivity index (χ3v) is 3.73. The van der Waals surface area contributed by atoms with Gasteiger partial charge >= 0.3 is 0 Å². The monoisotopic (exact) mass is 305 g/mol. The Morgan fingerprint density at radius 3 is 2.27 bits per heavy atom. The van der Waals surface area contributed by atoms with Gasteiger partial charge in [-0.2, -0.15) is 0 Å². The Morgan fingerprint density at radius 1 is 1.18 bits per heavy atom. The molecule has 0 bridgehead atoms. The Morgan fingerprint density at radius 2 is 1.77 bits per heavy atom. The highest BCUT2D eigenvalue weighted by Gasteiger charge is 2.26. The molecule has 0 radical (unpaired) electrons. The molecule has 4 nitrogen and oxygen atoms in total. The maximum atomic E-state index is 12.7. The van der Waals surface area contributed by atoms with Crippen LogP contribution in [0.4, 0.5) is 0 Å². The number of hydrogen-bond acceptors (Lipinski definition) is 3. The summed E-state index contributed by atoms with van der Waals surface area (Å²) in [5, 5.41) is 3.13. The third-order valence-electron chi connectivity index (χ3n) is 3.73. The summed E-state index contributed by atoms with van der Waals surface area (Å²) in [6.07, 6.45) is 0. The summed E-state index contributed by atoms with van der Waals surface area (Å²) in [5.41, 5.74) is 2.25. The van der Waals surface area contributed by atoms with Gasteiger partial charge in [-0.15, -0.1) is 0 Å². The molecule has 0 heterocycles. The maximum absolute atomic E-state index is 12.7. The topological polar surface area (TPSA) is 35.6 Å². The Kier molecular flexibility index (Phi) is 6.57. The second kappa shape index (κ2) is 7.75. The first-order chi connectivity index (χ1) is 10.1. The predicted molar refractivity (Wildman–Crippen MR) is 93.0 cm³/mol. The molecular formula is C18H31N3O. The number of nitrogens with one attached hydrogen (secondary N) is 1. The van der Waals surface area contributed by atoms with Crippen molar-refractivity contribution in [2.24, 2.45) is 5.41 Å². The smallest absolute Gasteiger partial charge is 0.241 e. The van der Waals surface area contributed by atoms with Gasteiger partial charge in [0.1, 0.15) is 6.04 Å². The van der Waals surface area contributed by atoms with Crippen molar-refractivity contribution in [2.45, 2.75) is 26.8 Å². The van der Waals surface area contributed by atoms with Crippen LogP contribution in [0.15, 0.2) is 24.3 Å². The number of hydrogen-bond donors (Lipinski definition) is 1. The summed E-state index contributed by atoms with van der Waals surface area (Å²) in [4.78, 5) is 16.8.